The van der Waals surface area contributed by atoms with E-state index in [0.717, 1.165) is 24.9 Å². The van der Waals surface area contributed by atoms with Gasteiger partial charge in [0.25, 0.3) is 5.91 Å². The van der Waals surface area contributed by atoms with Gasteiger partial charge in [0.2, 0.25) is 0 Å². The summed E-state index contributed by atoms with van der Waals surface area (Å²) in [6, 6.07) is 7.95. The molecular weight excluding hydrogens is 258 g/mol. The minimum absolute atomic E-state index is 0.105. The number of halogens is 1. The van der Waals surface area contributed by atoms with Gasteiger partial charge < -0.3 is 4.90 Å². The van der Waals surface area contributed by atoms with Crippen LogP contribution in [0.1, 0.15) is 48.5 Å². The number of carbonyl (C=O) groups is 1. The molecule has 1 aliphatic rings. The lowest BCUT2D eigenvalue weighted by Gasteiger charge is -2.34. The van der Waals surface area contributed by atoms with Gasteiger partial charge in [-0.15, -0.1) is 11.6 Å². The first-order chi connectivity index (χ1) is 8.97. The molecule has 0 unspecified atom stereocenters. The monoisotopic (exact) mass is 279 g/mol. The summed E-state index contributed by atoms with van der Waals surface area (Å²) in [4.78, 5) is 14.1. The van der Waals surface area contributed by atoms with Crippen molar-refractivity contribution in [3.8, 4) is 0 Å². The van der Waals surface area contributed by atoms with Crippen LogP contribution in [0.4, 0.5) is 0 Å². The van der Waals surface area contributed by atoms with Gasteiger partial charge >= 0.3 is 0 Å². The molecule has 0 bridgehead atoms. The van der Waals surface area contributed by atoms with Gasteiger partial charge in [0.05, 0.1) is 0 Å². The van der Waals surface area contributed by atoms with Crippen molar-refractivity contribution in [2.75, 3.05) is 13.6 Å². The fraction of sp³-hybridized carbons (Fsp3) is 0.562. The molecule has 0 aromatic heterocycles. The number of nitrogens with zero attached hydrogens (tertiary/aromatic N) is 1. The zero-order valence-electron chi connectivity index (χ0n) is 11.9. The Morgan fingerprint density at radius 1 is 1.32 bits per heavy atom. The van der Waals surface area contributed by atoms with Gasteiger partial charge in [-0.3, -0.25) is 4.79 Å². The van der Waals surface area contributed by atoms with Crippen molar-refractivity contribution in [2.45, 2.75) is 38.0 Å². The zero-order valence-corrected chi connectivity index (χ0v) is 12.7. The maximum atomic E-state index is 12.3. The molecule has 1 saturated carbocycles. The van der Waals surface area contributed by atoms with Crippen molar-refractivity contribution in [3.63, 3.8) is 0 Å². The number of carbonyl (C=O) groups excluding carboxylic acids is 1. The van der Waals surface area contributed by atoms with E-state index in [-0.39, 0.29) is 5.91 Å². The molecule has 0 N–H and O–H groups in total. The second kappa shape index (κ2) is 5.96. The molecule has 19 heavy (non-hydrogen) atoms. The summed E-state index contributed by atoms with van der Waals surface area (Å²) in [5.74, 6) is 1.18. The Morgan fingerprint density at radius 3 is 2.37 bits per heavy atom. The summed E-state index contributed by atoms with van der Waals surface area (Å²) in [7, 11) is 1.88. The highest BCUT2D eigenvalue weighted by atomic mass is 35.5. The Morgan fingerprint density at radius 2 is 1.89 bits per heavy atom. The molecule has 0 aliphatic heterocycles. The lowest BCUT2D eigenvalue weighted by atomic mass is 9.84. The third kappa shape index (κ3) is 3.50. The average Bonchev–Trinajstić information content (AvgIpc) is 2.36. The molecular formula is C16H22ClNO. The molecule has 1 aromatic carbocycles. The molecule has 1 fully saturated rings. The average molecular weight is 280 g/mol. The normalized spacial score (nSPS) is 22.2. The molecule has 1 amide bonds. The van der Waals surface area contributed by atoms with E-state index in [4.69, 9.17) is 11.6 Å². The van der Waals surface area contributed by atoms with Gasteiger partial charge in [-0.2, -0.15) is 0 Å². The Hall–Kier alpha value is -1.02. The predicted octanol–water partition coefficient (Wildman–Crippen LogP) is 3.90. The molecule has 2 rings (SSSR count). The van der Waals surface area contributed by atoms with E-state index in [9.17, 15) is 4.79 Å². The van der Waals surface area contributed by atoms with Crippen molar-refractivity contribution in [3.05, 3.63) is 35.4 Å². The number of rotatable bonds is 4. The lowest BCUT2D eigenvalue weighted by molar-refractivity contribution is 0.0747. The molecule has 0 spiro atoms. The van der Waals surface area contributed by atoms with Gasteiger partial charge in [0, 0.05) is 24.5 Å². The first-order valence-electron chi connectivity index (χ1n) is 6.97. The highest BCUT2D eigenvalue weighted by molar-refractivity contribution is 6.21. The molecule has 3 heteroatoms. The first-order valence-corrected chi connectivity index (χ1v) is 7.40. The van der Waals surface area contributed by atoms with Crippen LogP contribution in [0, 0.1) is 5.92 Å². The molecule has 1 aromatic rings. The van der Waals surface area contributed by atoms with Crippen LogP contribution in [-0.4, -0.2) is 29.8 Å². The van der Waals surface area contributed by atoms with Crippen LogP contribution >= 0.6 is 11.6 Å². The quantitative estimate of drug-likeness (QED) is 0.766. The summed E-state index contributed by atoms with van der Waals surface area (Å²) in [6.07, 6.45) is 2.07. The van der Waals surface area contributed by atoms with E-state index in [2.05, 4.69) is 13.8 Å². The number of benzene rings is 1. The van der Waals surface area contributed by atoms with Crippen molar-refractivity contribution in [2.24, 2.45) is 5.92 Å². The van der Waals surface area contributed by atoms with Gasteiger partial charge in [0.15, 0.2) is 0 Å². The molecule has 0 radical (unpaired) electrons. The number of hydrogen-bond donors (Lipinski definition) is 0. The standard InChI is InChI=1S/C16H22ClNO/c1-11(2)13-4-6-14(7-5-13)16(19)18(3)10-12-8-15(17)9-12/h4-7,11-12,15H,8-10H2,1-3H3. The lowest BCUT2D eigenvalue weighted by Crippen LogP contribution is -2.37. The molecule has 2 nitrogen and oxygen atoms in total. The summed E-state index contributed by atoms with van der Waals surface area (Å²) < 4.78 is 0. The van der Waals surface area contributed by atoms with Gasteiger partial charge in [-0.25, -0.2) is 0 Å². The van der Waals surface area contributed by atoms with Crippen LogP contribution < -0.4 is 0 Å². The highest BCUT2D eigenvalue weighted by Crippen LogP contribution is 2.32. The van der Waals surface area contributed by atoms with E-state index in [0.29, 0.717) is 17.2 Å². The molecule has 0 heterocycles. The van der Waals surface area contributed by atoms with Crippen LogP contribution in [0.25, 0.3) is 0 Å². The molecule has 104 valence electrons. The maximum Gasteiger partial charge on any atom is 0.253 e. The fourth-order valence-corrected chi connectivity index (χ4v) is 3.01. The van der Waals surface area contributed by atoms with Crippen LogP contribution in [0.3, 0.4) is 0 Å². The number of alkyl halides is 1. The van der Waals surface area contributed by atoms with Crippen LogP contribution in [0.5, 0.6) is 0 Å². The second-order valence-electron chi connectivity index (χ2n) is 5.90. The van der Waals surface area contributed by atoms with Crippen molar-refractivity contribution in [1.82, 2.24) is 4.90 Å². The molecule has 1 aliphatic carbocycles. The number of amides is 1. The third-order valence-electron chi connectivity index (χ3n) is 3.88. The Kier molecular flexibility index (Phi) is 4.51. The SMILES string of the molecule is CC(C)c1ccc(C(=O)N(C)CC2CC(Cl)C2)cc1. The predicted molar refractivity (Wildman–Crippen MR) is 79.9 cm³/mol. The molecule has 0 saturated heterocycles. The largest absolute Gasteiger partial charge is 0.341 e. The number of hydrogen-bond acceptors (Lipinski definition) is 1. The third-order valence-corrected chi connectivity index (χ3v) is 4.24. The van der Waals surface area contributed by atoms with Crippen molar-refractivity contribution >= 4 is 17.5 Å². The Balaban J connectivity index is 1.94. The van der Waals surface area contributed by atoms with E-state index in [1.54, 1.807) is 0 Å². The van der Waals surface area contributed by atoms with Crippen LogP contribution in [-0.2, 0) is 0 Å². The molecule has 0 atom stereocenters. The minimum Gasteiger partial charge on any atom is -0.341 e. The van der Waals surface area contributed by atoms with E-state index < -0.39 is 0 Å². The van der Waals surface area contributed by atoms with E-state index in [1.165, 1.54) is 5.56 Å². The van der Waals surface area contributed by atoms with Crippen molar-refractivity contribution in [1.29, 1.82) is 0 Å². The summed E-state index contributed by atoms with van der Waals surface area (Å²) in [5, 5.41) is 0.318. The first kappa shape index (κ1) is 14.4. The Bertz CT molecular complexity index is 435. The smallest absolute Gasteiger partial charge is 0.253 e. The summed E-state index contributed by atoms with van der Waals surface area (Å²) in [6.45, 7) is 5.12. The van der Waals surface area contributed by atoms with Gasteiger partial charge in [-0.05, 0) is 42.4 Å². The topological polar surface area (TPSA) is 20.3 Å². The summed E-state index contributed by atoms with van der Waals surface area (Å²) in [5.41, 5.74) is 2.04. The van der Waals surface area contributed by atoms with E-state index in [1.807, 2.05) is 36.2 Å². The Labute approximate surface area is 120 Å². The summed E-state index contributed by atoms with van der Waals surface area (Å²) >= 11 is 5.97. The zero-order chi connectivity index (χ0) is 14.0. The fourth-order valence-electron chi connectivity index (χ4n) is 2.50. The maximum absolute atomic E-state index is 12.3. The van der Waals surface area contributed by atoms with Crippen molar-refractivity contribution < 1.29 is 4.79 Å². The highest BCUT2D eigenvalue weighted by Gasteiger charge is 2.29. The van der Waals surface area contributed by atoms with E-state index >= 15 is 0 Å². The minimum atomic E-state index is 0.105. The van der Waals surface area contributed by atoms with Gasteiger partial charge in [0.1, 0.15) is 0 Å². The van der Waals surface area contributed by atoms with Crippen LogP contribution in [0.15, 0.2) is 24.3 Å². The second-order valence-corrected chi connectivity index (χ2v) is 6.51. The van der Waals surface area contributed by atoms with Gasteiger partial charge in [-0.1, -0.05) is 26.0 Å². The van der Waals surface area contributed by atoms with Crippen LogP contribution in [0.2, 0.25) is 0 Å².